The SMILES string of the molecule is CC(C)Oc1ccc(N(c2ccccc2)c2ccc(N(c3ccc(-c4ccc(N(c5ccc(N(c6ccccc6)c6ccc(OC(C)C)cc6)cc5)c5cccc6ccccc56)cc4)cc3)c3cccc4ccccc34)cc2)cc1. The molecule has 0 saturated heterocycles. The molecule has 12 aromatic rings. The van der Waals surface area contributed by atoms with Crippen molar-refractivity contribution in [1.82, 2.24) is 0 Å². The van der Waals surface area contributed by atoms with Crippen molar-refractivity contribution in [3.63, 3.8) is 0 Å². The Morgan fingerprint density at radius 2 is 0.475 bits per heavy atom. The minimum atomic E-state index is 0.0982. The zero-order valence-electron chi connectivity index (χ0n) is 45.5. The number of hydrogen-bond acceptors (Lipinski definition) is 6. The largest absolute Gasteiger partial charge is 0.491 e. The third-order valence-corrected chi connectivity index (χ3v) is 14.3. The van der Waals surface area contributed by atoms with Gasteiger partial charge in [-0.2, -0.15) is 0 Å². The number of hydrogen-bond donors (Lipinski definition) is 0. The standard InChI is InChI=1S/C74H62N4O2/c1-53(2)79-69-49-45-63(46-50-69)75(59-21-7-5-8-22-59)61-37-41-67(42-38-61)77(73-27-15-19-57-17-11-13-25-71(57)73)65-33-29-55(30-34-65)56-31-35-66(36-32-56)78(74-28-16-20-58-18-12-14-26-72(58)74)68-43-39-62(40-44-68)76(60-23-9-6-10-24-60)64-47-51-70(52-48-64)80-54(3)4/h5-54H,1-4H3. The highest BCUT2D eigenvalue weighted by molar-refractivity contribution is 6.01. The van der Waals surface area contributed by atoms with E-state index in [1.807, 2.05) is 24.3 Å². The van der Waals surface area contributed by atoms with Gasteiger partial charge < -0.3 is 29.1 Å². The highest BCUT2D eigenvalue weighted by atomic mass is 16.5. The molecule has 0 N–H and O–H groups in total. The van der Waals surface area contributed by atoms with Gasteiger partial charge in [-0.1, -0.05) is 133 Å². The van der Waals surface area contributed by atoms with E-state index in [4.69, 9.17) is 9.47 Å². The van der Waals surface area contributed by atoms with Gasteiger partial charge in [-0.25, -0.2) is 0 Å². The highest BCUT2D eigenvalue weighted by Gasteiger charge is 2.21. The van der Waals surface area contributed by atoms with Crippen molar-refractivity contribution < 1.29 is 9.47 Å². The summed E-state index contributed by atoms with van der Waals surface area (Å²) in [5.74, 6) is 1.70. The van der Waals surface area contributed by atoms with Gasteiger partial charge in [0, 0.05) is 67.6 Å². The Balaban J connectivity index is 0.876. The van der Waals surface area contributed by atoms with E-state index in [9.17, 15) is 0 Å². The van der Waals surface area contributed by atoms with Crippen molar-refractivity contribution in [2.75, 3.05) is 19.6 Å². The Morgan fingerprint density at radius 3 is 0.800 bits per heavy atom. The van der Waals surface area contributed by atoms with Crippen molar-refractivity contribution in [3.8, 4) is 22.6 Å². The van der Waals surface area contributed by atoms with E-state index < -0.39 is 0 Å². The van der Waals surface area contributed by atoms with Gasteiger partial charge in [0.15, 0.2) is 0 Å². The number of rotatable bonds is 17. The molecule has 0 aliphatic carbocycles. The molecule has 0 aromatic heterocycles. The second-order valence-electron chi connectivity index (χ2n) is 20.5. The van der Waals surface area contributed by atoms with Crippen molar-refractivity contribution in [2.45, 2.75) is 39.9 Å². The zero-order chi connectivity index (χ0) is 54.4. The van der Waals surface area contributed by atoms with Crippen molar-refractivity contribution in [2.24, 2.45) is 0 Å². The summed E-state index contributed by atoms with van der Waals surface area (Å²) < 4.78 is 12.0. The van der Waals surface area contributed by atoms with Crippen LogP contribution < -0.4 is 29.1 Å². The van der Waals surface area contributed by atoms with Crippen LogP contribution in [0.2, 0.25) is 0 Å². The lowest BCUT2D eigenvalue weighted by Gasteiger charge is -2.29. The summed E-state index contributed by atoms with van der Waals surface area (Å²) in [6.45, 7) is 8.20. The highest BCUT2D eigenvalue weighted by Crippen LogP contribution is 2.45. The van der Waals surface area contributed by atoms with Crippen LogP contribution in [0.4, 0.5) is 68.2 Å². The topological polar surface area (TPSA) is 31.4 Å². The maximum Gasteiger partial charge on any atom is 0.119 e. The molecule has 0 spiro atoms. The third kappa shape index (κ3) is 10.8. The molecule has 0 saturated carbocycles. The van der Waals surface area contributed by atoms with E-state index in [2.05, 4.69) is 314 Å². The monoisotopic (exact) mass is 1040 g/mol. The van der Waals surface area contributed by atoms with Crippen LogP contribution in [0.5, 0.6) is 11.5 Å². The summed E-state index contributed by atoms with van der Waals surface area (Å²) in [6.07, 6.45) is 0.196. The van der Waals surface area contributed by atoms with E-state index in [-0.39, 0.29) is 12.2 Å². The second kappa shape index (κ2) is 22.9. The molecule has 0 unspecified atom stereocenters. The summed E-state index contributed by atoms with van der Waals surface area (Å²) in [6, 6.07) is 104. The van der Waals surface area contributed by atoms with E-state index in [1.54, 1.807) is 0 Å². The van der Waals surface area contributed by atoms with Crippen LogP contribution in [0.25, 0.3) is 32.7 Å². The number of ether oxygens (including phenoxy) is 2. The minimum absolute atomic E-state index is 0.0982. The first-order valence-corrected chi connectivity index (χ1v) is 27.5. The Labute approximate surface area is 470 Å². The maximum absolute atomic E-state index is 6.01. The molecule has 0 aliphatic heterocycles. The van der Waals surface area contributed by atoms with E-state index in [1.165, 1.54) is 21.5 Å². The Morgan fingerprint density at radius 1 is 0.225 bits per heavy atom. The van der Waals surface area contributed by atoms with Gasteiger partial charge in [-0.05, 0) is 207 Å². The summed E-state index contributed by atoms with van der Waals surface area (Å²) in [4.78, 5) is 9.31. The molecule has 0 radical (unpaired) electrons. The zero-order valence-corrected chi connectivity index (χ0v) is 45.5. The minimum Gasteiger partial charge on any atom is -0.491 e. The van der Waals surface area contributed by atoms with Crippen molar-refractivity contribution in [3.05, 3.63) is 291 Å². The van der Waals surface area contributed by atoms with Gasteiger partial charge in [0.1, 0.15) is 11.5 Å². The molecule has 0 amide bonds. The number of para-hydroxylation sites is 2. The van der Waals surface area contributed by atoms with Gasteiger partial charge in [0.25, 0.3) is 0 Å². The molecule has 12 aromatic carbocycles. The van der Waals surface area contributed by atoms with Crippen molar-refractivity contribution in [1.29, 1.82) is 0 Å². The predicted molar refractivity (Wildman–Crippen MR) is 337 cm³/mol. The summed E-state index contributed by atoms with van der Waals surface area (Å²) >= 11 is 0. The van der Waals surface area contributed by atoms with E-state index in [0.717, 1.165) is 90.9 Å². The molecular weight excluding hydrogens is 977 g/mol. The van der Waals surface area contributed by atoms with Crippen LogP contribution in [0.1, 0.15) is 27.7 Å². The smallest absolute Gasteiger partial charge is 0.119 e. The molecule has 0 fully saturated rings. The second-order valence-corrected chi connectivity index (χ2v) is 20.5. The summed E-state index contributed by atoms with van der Waals surface area (Å²) in [5, 5.41) is 4.72. The molecule has 80 heavy (non-hydrogen) atoms. The van der Waals surface area contributed by atoms with Gasteiger partial charge in [-0.3, -0.25) is 0 Å². The third-order valence-electron chi connectivity index (χ3n) is 14.3. The summed E-state index contributed by atoms with van der Waals surface area (Å²) in [7, 11) is 0. The molecule has 0 heterocycles. The molecule has 0 atom stereocenters. The van der Waals surface area contributed by atoms with Gasteiger partial charge in [0.05, 0.1) is 23.6 Å². The average Bonchev–Trinajstić information content (AvgIpc) is 3.50. The predicted octanol–water partition coefficient (Wildman–Crippen LogP) is 21.1. The first kappa shape index (κ1) is 50.8. The quantitative estimate of drug-likeness (QED) is 0.0903. The van der Waals surface area contributed by atoms with Crippen LogP contribution in [0, 0.1) is 0 Å². The van der Waals surface area contributed by atoms with E-state index >= 15 is 0 Å². The Bertz CT molecular complexity index is 3700. The van der Waals surface area contributed by atoms with Crippen LogP contribution in [-0.4, -0.2) is 12.2 Å². The number of anilines is 12. The van der Waals surface area contributed by atoms with Gasteiger partial charge in [0.2, 0.25) is 0 Å². The van der Waals surface area contributed by atoms with Crippen LogP contribution in [0.3, 0.4) is 0 Å². The fourth-order valence-corrected chi connectivity index (χ4v) is 10.7. The number of fused-ring (bicyclic) bond motifs is 2. The average molecular weight is 1040 g/mol. The molecule has 12 rings (SSSR count). The van der Waals surface area contributed by atoms with Crippen LogP contribution >= 0.6 is 0 Å². The Kier molecular flexibility index (Phi) is 14.5. The fraction of sp³-hybridized carbons (Fsp3) is 0.0811. The maximum atomic E-state index is 6.01. The van der Waals surface area contributed by atoms with Crippen LogP contribution in [0.15, 0.2) is 291 Å². The lowest BCUT2D eigenvalue weighted by atomic mass is 10.0. The molecular formula is C74H62N4O2. The molecule has 6 heteroatoms. The fourth-order valence-electron chi connectivity index (χ4n) is 10.7. The van der Waals surface area contributed by atoms with Crippen LogP contribution in [-0.2, 0) is 0 Å². The summed E-state index contributed by atoms with van der Waals surface area (Å²) in [5.41, 5.74) is 15.0. The van der Waals surface area contributed by atoms with Gasteiger partial charge >= 0.3 is 0 Å². The van der Waals surface area contributed by atoms with Crippen molar-refractivity contribution >= 4 is 89.8 Å². The molecule has 390 valence electrons. The molecule has 6 nitrogen and oxygen atoms in total. The molecule has 0 bridgehead atoms. The van der Waals surface area contributed by atoms with Gasteiger partial charge in [-0.15, -0.1) is 0 Å². The number of nitrogens with zero attached hydrogens (tertiary/aromatic N) is 4. The van der Waals surface area contributed by atoms with E-state index in [0.29, 0.717) is 0 Å². The lowest BCUT2D eigenvalue weighted by molar-refractivity contribution is 0.242. The first-order chi connectivity index (χ1) is 39.3. The number of benzene rings is 12. The normalized spacial score (nSPS) is 11.2. The molecule has 0 aliphatic rings. The lowest BCUT2D eigenvalue weighted by Crippen LogP contribution is -2.12. The first-order valence-electron chi connectivity index (χ1n) is 27.5. The Hall–Kier alpha value is -10.0.